The normalized spacial score (nSPS) is 10.2. The molecule has 0 fully saturated rings. The van der Waals surface area contributed by atoms with E-state index in [2.05, 4.69) is 10.6 Å². The maximum atomic E-state index is 13.7. The predicted molar refractivity (Wildman–Crippen MR) is 108 cm³/mol. The fourth-order valence-electron chi connectivity index (χ4n) is 2.65. The van der Waals surface area contributed by atoms with Gasteiger partial charge in [0.1, 0.15) is 17.3 Å². The molecule has 1 amide bonds. The van der Waals surface area contributed by atoms with Crippen LogP contribution in [0.25, 0.3) is 0 Å². The van der Waals surface area contributed by atoms with Crippen molar-refractivity contribution >= 4 is 17.3 Å². The molecule has 0 aliphatic heterocycles. The molecule has 2 N–H and O–H groups in total. The highest BCUT2D eigenvalue weighted by Crippen LogP contribution is 2.23. The van der Waals surface area contributed by atoms with Crippen LogP contribution in [0.4, 0.5) is 15.8 Å². The SMILES string of the molecule is COc1cc(OC)cc(C(=O)Nc2ccc(NCc3ccccc3F)cc2)c1. The van der Waals surface area contributed by atoms with Crippen LogP contribution >= 0.6 is 0 Å². The third kappa shape index (κ3) is 4.79. The van der Waals surface area contributed by atoms with Gasteiger partial charge in [0.25, 0.3) is 5.91 Å². The maximum Gasteiger partial charge on any atom is 0.255 e. The Morgan fingerprint density at radius 2 is 1.50 bits per heavy atom. The van der Waals surface area contributed by atoms with Crippen LogP contribution in [-0.4, -0.2) is 20.1 Å². The van der Waals surface area contributed by atoms with E-state index in [-0.39, 0.29) is 11.7 Å². The lowest BCUT2D eigenvalue weighted by Crippen LogP contribution is -2.12. The van der Waals surface area contributed by atoms with Crippen molar-refractivity contribution in [2.24, 2.45) is 0 Å². The van der Waals surface area contributed by atoms with Gasteiger partial charge < -0.3 is 20.1 Å². The summed E-state index contributed by atoms with van der Waals surface area (Å²) in [5.41, 5.74) is 2.48. The summed E-state index contributed by atoms with van der Waals surface area (Å²) in [4.78, 5) is 12.5. The number of hydrogen-bond acceptors (Lipinski definition) is 4. The maximum absolute atomic E-state index is 13.7. The van der Waals surface area contributed by atoms with Crippen molar-refractivity contribution in [2.75, 3.05) is 24.9 Å². The van der Waals surface area contributed by atoms with Gasteiger partial charge in [-0.15, -0.1) is 0 Å². The third-order valence-electron chi connectivity index (χ3n) is 4.20. The first-order valence-corrected chi connectivity index (χ1v) is 8.71. The minimum Gasteiger partial charge on any atom is -0.497 e. The van der Waals surface area contributed by atoms with Gasteiger partial charge in [0, 0.05) is 35.1 Å². The van der Waals surface area contributed by atoms with Gasteiger partial charge in [-0.3, -0.25) is 4.79 Å². The van der Waals surface area contributed by atoms with Crippen LogP contribution in [0.1, 0.15) is 15.9 Å². The van der Waals surface area contributed by atoms with Crippen LogP contribution in [0.2, 0.25) is 0 Å². The van der Waals surface area contributed by atoms with Crippen molar-refractivity contribution in [1.82, 2.24) is 0 Å². The van der Waals surface area contributed by atoms with E-state index < -0.39 is 0 Å². The molecule has 5 nitrogen and oxygen atoms in total. The molecule has 0 heterocycles. The fraction of sp³-hybridized carbons (Fsp3) is 0.136. The minimum absolute atomic E-state index is 0.243. The zero-order chi connectivity index (χ0) is 19.9. The standard InChI is InChI=1S/C22H21FN2O3/c1-27-19-11-16(12-20(13-19)28-2)22(26)25-18-9-7-17(8-10-18)24-14-15-5-3-4-6-21(15)23/h3-13,24H,14H2,1-2H3,(H,25,26). The first-order valence-electron chi connectivity index (χ1n) is 8.71. The van der Waals surface area contributed by atoms with Crippen LogP contribution in [-0.2, 0) is 6.54 Å². The van der Waals surface area contributed by atoms with E-state index in [1.54, 1.807) is 48.5 Å². The van der Waals surface area contributed by atoms with Gasteiger partial charge in [0.2, 0.25) is 0 Å². The Balaban J connectivity index is 1.64. The first kappa shape index (κ1) is 19.2. The van der Waals surface area contributed by atoms with Gasteiger partial charge in [-0.2, -0.15) is 0 Å². The molecular formula is C22H21FN2O3. The Morgan fingerprint density at radius 3 is 2.11 bits per heavy atom. The van der Waals surface area contributed by atoms with Crippen molar-refractivity contribution < 1.29 is 18.7 Å². The highest BCUT2D eigenvalue weighted by Gasteiger charge is 2.10. The van der Waals surface area contributed by atoms with E-state index in [0.29, 0.717) is 34.9 Å². The van der Waals surface area contributed by atoms with Crippen LogP contribution in [0.3, 0.4) is 0 Å². The number of carbonyl (C=O) groups excluding carboxylic acids is 1. The van der Waals surface area contributed by atoms with E-state index in [9.17, 15) is 9.18 Å². The predicted octanol–water partition coefficient (Wildman–Crippen LogP) is 4.71. The fourth-order valence-corrected chi connectivity index (χ4v) is 2.65. The molecular weight excluding hydrogens is 359 g/mol. The number of nitrogens with one attached hydrogen (secondary N) is 2. The molecule has 0 bridgehead atoms. The van der Waals surface area contributed by atoms with Gasteiger partial charge in [-0.05, 0) is 42.5 Å². The molecule has 0 atom stereocenters. The molecule has 0 saturated carbocycles. The van der Waals surface area contributed by atoms with E-state index in [1.807, 2.05) is 12.1 Å². The summed E-state index contributed by atoms with van der Waals surface area (Å²) in [6.45, 7) is 0.377. The van der Waals surface area contributed by atoms with Crippen LogP contribution in [0.5, 0.6) is 11.5 Å². The Morgan fingerprint density at radius 1 is 0.893 bits per heavy atom. The Bertz CT molecular complexity index is 936. The van der Waals surface area contributed by atoms with Gasteiger partial charge in [-0.25, -0.2) is 4.39 Å². The molecule has 144 valence electrons. The molecule has 0 aromatic heterocycles. The second kappa shape index (κ2) is 8.90. The van der Waals surface area contributed by atoms with Gasteiger partial charge >= 0.3 is 0 Å². The monoisotopic (exact) mass is 380 g/mol. The van der Waals surface area contributed by atoms with Gasteiger partial charge in [-0.1, -0.05) is 18.2 Å². The highest BCUT2D eigenvalue weighted by atomic mass is 19.1. The van der Waals surface area contributed by atoms with Crippen molar-refractivity contribution in [3.63, 3.8) is 0 Å². The van der Waals surface area contributed by atoms with E-state index in [1.165, 1.54) is 20.3 Å². The molecule has 3 aromatic carbocycles. The summed E-state index contributed by atoms with van der Waals surface area (Å²) in [5, 5.41) is 5.99. The quantitative estimate of drug-likeness (QED) is 0.623. The van der Waals surface area contributed by atoms with Crippen molar-refractivity contribution in [3.05, 3.63) is 83.7 Å². The molecule has 3 rings (SSSR count). The number of ether oxygens (including phenoxy) is 2. The summed E-state index contributed by atoms with van der Waals surface area (Å²) < 4.78 is 24.0. The molecule has 0 aliphatic carbocycles. The molecule has 0 unspecified atom stereocenters. The first-order chi connectivity index (χ1) is 13.6. The van der Waals surface area contributed by atoms with Crippen LogP contribution in [0, 0.1) is 5.82 Å². The molecule has 3 aromatic rings. The zero-order valence-electron chi connectivity index (χ0n) is 15.7. The molecule has 28 heavy (non-hydrogen) atoms. The number of methoxy groups -OCH3 is 2. The number of rotatable bonds is 7. The Kier molecular flexibility index (Phi) is 6.11. The average Bonchev–Trinajstić information content (AvgIpc) is 2.73. The van der Waals surface area contributed by atoms with Crippen molar-refractivity contribution in [2.45, 2.75) is 6.54 Å². The number of anilines is 2. The van der Waals surface area contributed by atoms with Crippen molar-refractivity contribution in [3.8, 4) is 11.5 Å². The zero-order valence-corrected chi connectivity index (χ0v) is 15.7. The smallest absolute Gasteiger partial charge is 0.255 e. The van der Waals surface area contributed by atoms with Crippen LogP contribution in [0.15, 0.2) is 66.7 Å². The number of hydrogen-bond donors (Lipinski definition) is 2. The van der Waals surface area contributed by atoms with E-state index in [0.717, 1.165) is 5.69 Å². The topological polar surface area (TPSA) is 59.6 Å². The molecule has 0 spiro atoms. The van der Waals surface area contributed by atoms with Gasteiger partial charge in [0.05, 0.1) is 14.2 Å². The lowest BCUT2D eigenvalue weighted by molar-refractivity contribution is 0.102. The molecule has 0 aliphatic rings. The highest BCUT2D eigenvalue weighted by molar-refractivity contribution is 6.04. The number of amides is 1. The van der Waals surface area contributed by atoms with Crippen molar-refractivity contribution in [1.29, 1.82) is 0 Å². The van der Waals surface area contributed by atoms with Gasteiger partial charge in [0.15, 0.2) is 0 Å². The minimum atomic E-state index is -0.274. The second-order valence-corrected chi connectivity index (χ2v) is 6.08. The molecule has 0 saturated heterocycles. The third-order valence-corrected chi connectivity index (χ3v) is 4.20. The lowest BCUT2D eigenvalue weighted by Gasteiger charge is -2.11. The Labute approximate surface area is 163 Å². The lowest BCUT2D eigenvalue weighted by atomic mass is 10.1. The average molecular weight is 380 g/mol. The Hall–Kier alpha value is -3.54. The number of halogens is 1. The second-order valence-electron chi connectivity index (χ2n) is 6.08. The molecule has 6 heteroatoms. The number of benzene rings is 3. The van der Waals surface area contributed by atoms with E-state index >= 15 is 0 Å². The summed E-state index contributed by atoms with van der Waals surface area (Å²) in [7, 11) is 3.06. The molecule has 0 radical (unpaired) electrons. The summed E-state index contributed by atoms with van der Waals surface area (Å²) in [6.07, 6.45) is 0. The summed E-state index contributed by atoms with van der Waals surface area (Å²) in [5.74, 6) is 0.561. The number of carbonyl (C=O) groups is 1. The largest absolute Gasteiger partial charge is 0.497 e. The van der Waals surface area contributed by atoms with Crippen LogP contribution < -0.4 is 20.1 Å². The summed E-state index contributed by atoms with van der Waals surface area (Å²) >= 11 is 0. The summed E-state index contributed by atoms with van der Waals surface area (Å²) in [6, 6.07) is 18.8. The van der Waals surface area contributed by atoms with E-state index in [4.69, 9.17) is 9.47 Å².